The highest BCUT2D eigenvalue weighted by Crippen LogP contribution is 2.28. The summed E-state index contributed by atoms with van der Waals surface area (Å²) in [4.78, 5) is 8.89. The van der Waals surface area contributed by atoms with Crippen molar-refractivity contribution >= 4 is 12.2 Å². The highest BCUT2D eigenvalue weighted by atomic mass is 16.5. The van der Waals surface area contributed by atoms with Crippen molar-refractivity contribution in [3.8, 4) is 5.75 Å². The Hall–Kier alpha value is -2.62. The van der Waals surface area contributed by atoms with Gasteiger partial charge in [-0.1, -0.05) is 18.2 Å². The maximum absolute atomic E-state index is 8.89. The van der Waals surface area contributed by atoms with E-state index in [4.69, 9.17) is 14.6 Å². The average Bonchev–Trinajstić information content (AvgIpc) is 2.91. The molecule has 0 radical (unpaired) electrons. The quantitative estimate of drug-likeness (QED) is 0.782. The maximum Gasteiger partial charge on any atom is 0.198 e. The molecule has 1 aliphatic rings. The van der Waals surface area contributed by atoms with Gasteiger partial charge in [0, 0.05) is 18.1 Å². The van der Waals surface area contributed by atoms with Gasteiger partial charge in [0.15, 0.2) is 18.1 Å². The van der Waals surface area contributed by atoms with Crippen LogP contribution in [-0.2, 0) is 4.79 Å². The molecule has 1 unspecified atom stereocenters. The first kappa shape index (κ1) is 14.8. The first-order chi connectivity index (χ1) is 10.1. The predicted molar refractivity (Wildman–Crippen MR) is 77.5 cm³/mol. The molecule has 0 saturated heterocycles. The largest absolute Gasteiger partial charge is 0.550 e. The fourth-order valence-corrected chi connectivity index (χ4v) is 2.24. The molecule has 0 saturated carbocycles. The molecule has 1 aromatic heterocycles. The van der Waals surface area contributed by atoms with Gasteiger partial charge in [-0.25, -0.2) is 0 Å². The lowest BCUT2D eigenvalue weighted by atomic mass is 9.96. The SMILES string of the molecule is CC(=O)[O-].COc1ccc(C2C=C[n+]3ccccc32)cc1. The van der Waals surface area contributed by atoms with E-state index in [1.165, 1.54) is 11.3 Å². The van der Waals surface area contributed by atoms with E-state index in [9.17, 15) is 0 Å². The van der Waals surface area contributed by atoms with Gasteiger partial charge < -0.3 is 14.6 Å². The fourth-order valence-electron chi connectivity index (χ4n) is 2.24. The molecule has 3 rings (SSSR count). The number of benzene rings is 1. The van der Waals surface area contributed by atoms with Crippen LogP contribution in [-0.4, -0.2) is 13.1 Å². The number of methoxy groups -OCH3 is 1. The number of allylic oxidation sites excluding steroid dienone is 1. The van der Waals surface area contributed by atoms with Gasteiger partial charge in [-0.15, -0.1) is 0 Å². The molecular formula is C17H17NO3. The maximum atomic E-state index is 8.89. The van der Waals surface area contributed by atoms with E-state index < -0.39 is 5.97 Å². The van der Waals surface area contributed by atoms with Crippen molar-refractivity contribution in [2.24, 2.45) is 0 Å². The standard InChI is InChI=1S/C15H14NO.C2H4O2/c1-17-13-7-5-12(6-8-13)14-9-11-16-10-3-2-4-15(14)16;1-2(3)4/h2-11,14H,1H3;1H3,(H,3,4)/q+1;/p-1. The highest BCUT2D eigenvalue weighted by molar-refractivity contribution is 5.60. The van der Waals surface area contributed by atoms with Gasteiger partial charge in [-0.05, 0) is 30.7 Å². The van der Waals surface area contributed by atoms with Gasteiger partial charge in [0.25, 0.3) is 0 Å². The van der Waals surface area contributed by atoms with Crippen LogP contribution in [0.15, 0.2) is 54.7 Å². The molecule has 0 N–H and O–H groups in total. The number of ether oxygens (including phenoxy) is 1. The number of carboxylic acids is 1. The molecule has 4 nitrogen and oxygen atoms in total. The summed E-state index contributed by atoms with van der Waals surface area (Å²) in [5.74, 6) is 0.166. The number of carbonyl (C=O) groups is 1. The molecule has 2 heterocycles. The van der Waals surface area contributed by atoms with E-state index >= 15 is 0 Å². The van der Waals surface area contributed by atoms with Gasteiger partial charge in [0.1, 0.15) is 5.75 Å². The number of carboxylic acid groups (broad SMARTS) is 1. The first-order valence-corrected chi connectivity index (χ1v) is 6.61. The lowest BCUT2D eigenvalue weighted by Crippen LogP contribution is -2.27. The van der Waals surface area contributed by atoms with Gasteiger partial charge >= 0.3 is 0 Å². The van der Waals surface area contributed by atoms with Crippen LogP contribution in [0.2, 0.25) is 0 Å². The van der Waals surface area contributed by atoms with Crippen LogP contribution in [0.25, 0.3) is 6.20 Å². The Morgan fingerprint density at radius 3 is 2.48 bits per heavy atom. The monoisotopic (exact) mass is 283 g/mol. The zero-order valence-electron chi connectivity index (χ0n) is 12.0. The molecule has 4 heteroatoms. The number of aromatic nitrogens is 1. The van der Waals surface area contributed by atoms with Gasteiger partial charge in [-0.2, -0.15) is 4.57 Å². The minimum atomic E-state index is -1.08. The van der Waals surface area contributed by atoms with Crippen molar-refractivity contribution in [3.05, 3.63) is 66.0 Å². The summed E-state index contributed by atoms with van der Waals surface area (Å²) in [7, 11) is 1.69. The summed E-state index contributed by atoms with van der Waals surface area (Å²) in [5.41, 5.74) is 2.59. The van der Waals surface area contributed by atoms with Crippen LogP contribution in [0.5, 0.6) is 5.75 Å². The number of pyridine rings is 1. The molecule has 1 aliphatic heterocycles. The normalized spacial score (nSPS) is 14.9. The average molecular weight is 283 g/mol. The summed E-state index contributed by atoms with van der Waals surface area (Å²) in [5, 5.41) is 8.89. The minimum Gasteiger partial charge on any atom is -0.550 e. The molecule has 1 aromatic carbocycles. The van der Waals surface area contributed by atoms with Crippen LogP contribution in [0.1, 0.15) is 24.1 Å². The van der Waals surface area contributed by atoms with E-state index in [-0.39, 0.29) is 0 Å². The van der Waals surface area contributed by atoms with Crippen LogP contribution < -0.4 is 14.4 Å². The van der Waals surface area contributed by atoms with Crippen molar-refractivity contribution in [2.75, 3.05) is 7.11 Å². The lowest BCUT2D eigenvalue weighted by Gasteiger charge is -2.07. The van der Waals surface area contributed by atoms with Gasteiger partial charge in [0.05, 0.1) is 13.0 Å². The Kier molecular flexibility index (Phi) is 4.72. The van der Waals surface area contributed by atoms with E-state index in [0.29, 0.717) is 5.92 Å². The molecule has 0 aliphatic carbocycles. The van der Waals surface area contributed by atoms with Gasteiger partial charge in [0.2, 0.25) is 0 Å². The third-order valence-electron chi connectivity index (χ3n) is 3.16. The van der Waals surface area contributed by atoms with E-state index in [1.54, 1.807) is 7.11 Å². The number of hydrogen-bond donors (Lipinski definition) is 0. The third kappa shape index (κ3) is 3.69. The van der Waals surface area contributed by atoms with Crippen LogP contribution in [0, 0.1) is 0 Å². The number of carbonyl (C=O) groups excluding carboxylic acids is 1. The number of nitrogens with zero attached hydrogens (tertiary/aromatic N) is 1. The van der Waals surface area contributed by atoms with Crippen molar-refractivity contribution in [3.63, 3.8) is 0 Å². The van der Waals surface area contributed by atoms with Crippen LogP contribution >= 0.6 is 0 Å². The zero-order valence-corrected chi connectivity index (χ0v) is 12.0. The van der Waals surface area contributed by atoms with Crippen molar-refractivity contribution in [1.82, 2.24) is 0 Å². The number of fused-ring (bicyclic) bond motifs is 1. The Balaban J connectivity index is 0.000000361. The molecule has 2 aromatic rings. The second-order valence-corrected chi connectivity index (χ2v) is 4.62. The Bertz CT molecular complexity index is 643. The summed E-state index contributed by atoms with van der Waals surface area (Å²) < 4.78 is 7.34. The third-order valence-corrected chi connectivity index (χ3v) is 3.16. The molecular weight excluding hydrogens is 266 g/mol. The molecule has 21 heavy (non-hydrogen) atoms. The minimum absolute atomic E-state index is 0.349. The summed E-state index contributed by atoms with van der Waals surface area (Å²) >= 11 is 0. The summed E-state index contributed by atoms with van der Waals surface area (Å²) in [6, 6.07) is 14.5. The Morgan fingerprint density at radius 1 is 1.19 bits per heavy atom. The van der Waals surface area contributed by atoms with Crippen molar-refractivity contribution < 1.29 is 19.2 Å². The Morgan fingerprint density at radius 2 is 1.86 bits per heavy atom. The first-order valence-electron chi connectivity index (χ1n) is 6.61. The number of aliphatic carboxylic acids is 1. The van der Waals surface area contributed by atoms with Crippen LogP contribution in [0.3, 0.4) is 0 Å². The molecule has 1 atom stereocenters. The number of rotatable bonds is 2. The second-order valence-electron chi connectivity index (χ2n) is 4.62. The van der Waals surface area contributed by atoms with Crippen LogP contribution in [0.4, 0.5) is 0 Å². The van der Waals surface area contributed by atoms with E-state index in [0.717, 1.165) is 12.7 Å². The zero-order chi connectivity index (χ0) is 15.2. The lowest BCUT2D eigenvalue weighted by molar-refractivity contribution is -0.572. The second kappa shape index (κ2) is 6.70. The molecule has 0 fully saturated rings. The van der Waals surface area contributed by atoms with Gasteiger partial charge in [-0.3, -0.25) is 0 Å². The topological polar surface area (TPSA) is 53.2 Å². The fraction of sp³-hybridized carbons (Fsp3) is 0.176. The molecule has 0 spiro atoms. The molecule has 0 bridgehead atoms. The molecule has 0 amide bonds. The van der Waals surface area contributed by atoms with Crippen molar-refractivity contribution in [1.29, 1.82) is 0 Å². The van der Waals surface area contributed by atoms with E-state index in [2.05, 4.69) is 47.3 Å². The predicted octanol–water partition coefficient (Wildman–Crippen LogP) is 1.36. The number of hydrogen-bond acceptors (Lipinski definition) is 3. The molecule has 108 valence electrons. The smallest absolute Gasteiger partial charge is 0.198 e. The highest BCUT2D eigenvalue weighted by Gasteiger charge is 2.25. The summed E-state index contributed by atoms with van der Waals surface area (Å²) in [6.07, 6.45) is 6.41. The van der Waals surface area contributed by atoms with Crippen molar-refractivity contribution in [2.45, 2.75) is 12.8 Å². The Labute approximate surface area is 123 Å². The summed E-state index contributed by atoms with van der Waals surface area (Å²) in [6.45, 7) is 0.972. The van der Waals surface area contributed by atoms with E-state index in [1.807, 2.05) is 18.2 Å².